The zero-order valence-electron chi connectivity index (χ0n) is 24.3. The van der Waals surface area contributed by atoms with Crippen LogP contribution in [0.3, 0.4) is 0 Å². The molecule has 3 heterocycles. The van der Waals surface area contributed by atoms with Gasteiger partial charge < -0.3 is 58.5 Å². The molecule has 2 fully saturated rings. The lowest BCUT2D eigenvalue weighted by Crippen LogP contribution is -2.54. The fraction of sp³-hybridized carbons (Fsp3) is 0.429. The highest BCUT2D eigenvalue weighted by atomic mass is 16.3. The van der Waals surface area contributed by atoms with Crippen molar-refractivity contribution in [2.75, 3.05) is 65.6 Å². The summed E-state index contributed by atoms with van der Waals surface area (Å²) in [6, 6.07) is 8.89. The number of nitrogens with zero attached hydrogens (tertiary/aromatic N) is 6. The molecule has 1 aromatic heterocycles. The third-order valence-electron chi connectivity index (χ3n) is 7.45. The van der Waals surface area contributed by atoms with E-state index in [0.29, 0.717) is 56.6 Å². The smallest absolute Gasteiger partial charge is 0.259 e. The minimum atomic E-state index is -0.568. The molecule has 0 aliphatic carbocycles. The van der Waals surface area contributed by atoms with Crippen molar-refractivity contribution in [3.63, 3.8) is 0 Å². The number of benzene rings is 2. The molecule has 15 nitrogen and oxygen atoms in total. The lowest BCUT2D eigenvalue weighted by atomic mass is 10.0. The van der Waals surface area contributed by atoms with E-state index in [1.165, 1.54) is 24.3 Å². The van der Waals surface area contributed by atoms with Crippen molar-refractivity contribution in [3.05, 3.63) is 42.0 Å². The molecule has 2 aliphatic heterocycles. The molecule has 1 amide bonds. The van der Waals surface area contributed by atoms with Crippen molar-refractivity contribution in [1.82, 2.24) is 15.0 Å². The van der Waals surface area contributed by atoms with Crippen molar-refractivity contribution >= 4 is 40.8 Å². The van der Waals surface area contributed by atoms with Gasteiger partial charge in [-0.3, -0.25) is 4.79 Å². The number of rotatable bonds is 7. The number of hydrogen-bond donors (Lipinski definition) is 8. The van der Waals surface area contributed by atoms with E-state index in [-0.39, 0.29) is 52.9 Å². The summed E-state index contributed by atoms with van der Waals surface area (Å²) in [5.74, 6) is 0.134. The minimum absolute atomic E-state index is 0.0757. The van der Waals surface area contributed by atoms with Crippen LogP contribution in [0.5, 0.6) is 11.5 Å². The third-order valence-corrected chi connectivity index (χ3v) is 7.45. The number of anilines is 6. The summed E-state index contributed by atoms with van der Waals surface area (Å²) in [5, 5.41) is 26.8. The summed E-state index contributed by atoms with van der Waals surface area (Å²) < 4.78 is 0. The Balaban J connectivity index is 1.38. The van der Waals surface area contributed by atoms with Gasteiger partial charge in [0.1, 0.15) is 11.5 Å². The number of aromatic hydroxyl groups is 2. The molecule has 12 N–H and O–H groups in total. The number of piperidine rings is 2. The van der Waals surface area contributed by atoms with Crippen LogP contribution in [0.4, 0.5) is 34.9 Å². The van der Waals surface area contributed by atoms with E-state index >= 15 is 0 Å². The predicted molar refractivity (Wildman–Crippen MR) is 167 cm³/mol. The molecule has 2 aromatic carbocycles. The molecule has 15 heteroatoms. The van der Waals surface area contributed by atoms with Crippen LogP contribution < -0.4 is 48.3 Å². The van der Waals surface area contributed by atoms with Gasteiger partial charge in [-0.05, 0) is 37.1 Å². The molecule has 230 valence electrons. The number of nitrogens with one attached hydrogen (secondary N) is 2. The Hall–Kier alpha value is -4.44. The second-order valence-corrected chi connectivity index (χ2v) is 11.5. The van der Waals surface area contributed by atoms with Crippen LogP contribution in [0.25, 0.3) is 0 Å². The highest BCUT2D eigenvalue weighted by Gasteiger charge is 2.29. The van der Waals surface area contributed by atoms with Crippen LogP contribution in [0.2, 0.25) is 0 Å². The van der Waals surface area contributed by atoms with Crippen LogP contribution in [0, 0.1) is 0 Å². The van der Waals surface area contributed by atoms with Gasteiger partial charge in [-0.15, -0.1) is 0 Å². The van der Waals surface area contributed by atoms with Gasteiger partial charge in [0, 0.05) is 87.9 Å². The summed E-state index contributed by atoms with van der Waals surface area (Å²) in [5.41, 5.74) is 26.4. The van der Waals surface area contributed by atoms with Crippen molar-refractivity contribution in [2.45, 2.75) is 37.0 Å². The normalized spacial score (nSPS) is 22.3. The number of nitrogens with two attached hydrogens (primary N) is 4. The zero-order chi connectivity index (χ0) is 30.8. The Morgan fingerprint density at radius 2 is 1.37 bits per heavy atom. The Kier molecular flexibility index (Phi) is 8.68. The first kappa shape index (κ1) is 30.0. The highest BCUT2D eigenvalue weighted by molar-refractivity contribution is 6.07. The summed E-state index contributed by atoms with van der Waals surface area (Å²) in [6.07, 6.45) is 1.41. The number of hydrogen-bond acceptors (Lipinski definition) is 14. The summed E-state index contributed by atoms with van der Waals surface area (Å²) in [4.78, 5) is 32.5. The van der Waals surface area contributed by atoms with Gasteiger partial charge in [-0.2, -0.15) is 15.0 Å². The molecule has 43 heavy (non-hydrogen) atoms. The number of amides is 1. The van der Waals surface area contributed by atoms with Gasteiger partial charge in [-0.1, -0.05) is 0 Å². The third kappa shape index (κ3) is 7.14. The van der Waals surface area contributed by atoms with E-state index in [1.807, 2.05) is 28.8 Å². The molecule has 0 spiro atoms. The highest BCUT2D eigenvalue weighted by Crippen LogP contribution is 2.31. The maximum atomic E-state index is 12.8. The number of phenols is 2. The Bertz CT molecular complexity index is 1410. The molecule has 2 saturated heterocycles. The zero-order valence-corrected chi connectivity index (χ0v) is 24.3. The summed E-state index contributed by atoms with van der Waals surface area (Å²) in [6.45, 7) is 2.16. The predicted octanol–water partition coefficient (Wildman–Crippen LogP) is 0.0741. The van der Waals surface area contributed by atoms with E-state index in [0.717, 1.165) is 5.69 Å². The van der Waals surface area contributed by atoms with E-state index in [1.54, 1.807) is 12.1 Å². The van der Waals surface area contributed by atoms with Crippen molar-refractivity contribution < 1.29 is 15.0 Å². The lowest BCUT2D eigenvalue weighted by molar-refractivity contribution is 0.102. The molecule has 0 unspecified atom stereocenters. The first-order valence-corrected chi connectivity index (χ1v) is 14.1. The van der Waals surface area contributed by atoms with Gasteiger partial charge >= 0.3 is 0 Å². The molecular formula is C28H40N12O3. The Labute approximate surface area is 249 Å². The fourth-order valence-electron chi connectivity index (χ4n) is 5.40. The van der Waals surface area contributed by atoms with Crippen LogP contribution >= 0.6 is 0 Å². The first-order valence-electron chi connectivity index (χ1n) is 14.1. The van der Waals surface area contributed by atoms with Crippen molar-refractivity contribution in [1.29, 1.82) is 0 Å². The molecule has 4 atom stereocenters. The maximum Gasteiger partial charge on any atom is 0.259 e. The molecular weight excluding hydrogens is 552 g/mol. The first-order chi connectivity index (χ1) is 20.4. The van der Waals surface area contributed by atoms with Crippen molar-refractivity contribution in [3.8, 4) is 11.5 Å². The van der Waals surface area contributed by atoms with Crippen molar-refractivity contribution in [2.24, 2.45) is 22.9 Å². The topological polar surface area (TPSA) is 234 Å². The minimum Gasteiger partial charge on any atom is -0.507 e. The van der Waals surface area contributed by atoms with E-state index in [4.69, 9.17) is 27.9 Å². The summed E-state index contributed by atoms with van der Waals surface area (Å²) >= 11 is 0. The van der Waals surface area contributed by atoms with E-state index in [2.05, 4.69) is 20.6 Å². The quantitative estimate of drug-likeness (QED) is 0.170. The monoisotopic (exact) mass is 592 g/mol. The number of phenolic OH excluding ortho intramolecular Hbond substituents is 2. The van der Waals surface area contributed by atoms with E-state index < -0.39 is 5.91 Å². The van der Waals surface area contributed by atoms with E-state index in [9.17, 15) is 15.0 Å². The Morgan fingerprint density at radius 1 is 0.814 bits per heavy atom. The van der Waals surface area contributed by atoms with Crippen LogP contribution in [0.1, 0.15) is 23.2 Å². The average molecular weight is 593 g/mol. The van der Waals surface area contributed by atoms with Gasteiger partial charge in [0.25, 0.3) is 5.91 Å². The molecule has 2 aliphatic rings. The number of aromatic nitrogens is 3. The van der Waals surface area contributed by atoms with Gasteiger partial charge in [0.2, 0.25) is 17.8 Å². The molecule has 3 aromatic rings. The number of carbonyl (C=O) groups excluding carboxylic acids is 1. The largest absolute Gasteiger partial charge is 0.507 e. The number of carbonyl (C=O) groups is 1. The maximum absolute atomic E-state index is 12.8. The molecule has 0 radical (unpaired) electrons. The average Bonchev–Trinajstić information content (AvgIpc) is 2.93. The van der Waals surface area contributed by atoms with Gasteiger partial charge in [0.05, 0.1) is 11.3 Å². The SMILES string of the molecule is CN(C)c1ccc(C(=O)Nc2ccc(Nc3nc(N4C[C@H](N)C[C@H](N)C4)nc(N4C[C@H](N)C[C@H](N)C4)n3)cc2O)c(O)c1. The fourth-order valence-corrected chi connectivity index (χ4v) is 5.40. The lowest BCUT2D eigenvalue weighted by Gasteiger charge is -2.37. The van der Waals surface area contributed by atoms with Crippen LogP contribution in [-0.2, 0) is 0 Å². The second kappa shape index (κ2) is 12.4. The van der Waals surface area contributed by atoms with Crippen LogP contribution in [0.15, 0.2) is 36.4 Å². The standard InChI is InChI=1S/C28H40N12O3/c1-38(2)20-4-5-21(23(41)10-20)25(43)34-22-6-3-19(9-24(22)42)33-26-35-27(39-11-15(29)7-16(30)12-39)37-28(36-26)40-13-17(31)8-18(32)14-40/h3-6,9-10,15-18,41-42H,7-8,11-14,29-32H2,1-2H3,(H,34,43)(H,33,35,36,37)/t15-,16+,17-,18+. The molecule has 0 bridgehead atoms. The molecule has 5 rings (SSSR count). The van der Waals surface area contributed by atoms with Gasteiger partial charge in [0.15, 0.2) is 0 Å². The van der Waals surface area contributed by atoms with Gasteiger partial charge in [-0.25, -0.2) is 0 Å². The van der Waals surface area contributed by atoms with Crippen LogP contribution in [-0.4, -0.2) is 95.5 Å². The molecule has 0 saturated carbocycles. The summed E-state index contributed by atoms with van der Waals surface area (Å²) in [7, 11) is 3.66. The second-order valence-electron chi connectivity index (χ2n) is 11.5. The Morgan fingerprint density at radius 3 is 1.86 bits per heavy atom.